The van der Waals surface area contributed by atoms with Crippen LogP contribution in [0.3, 0.4) is 0 Å². The molecule has 2 aromatic rings. The first-order valence-corrected chi connectivity index (χ1v) is 7.66. The molecule has 9 heteroatoms. The van der Waals surface area contributed by atoms with Crippen LogP contribution in [-0.2, 0) is 18.8 Å². The summed E-state index contributed by atoms with van der Waals surface area (Å²) < 4.78 is 39.4. The number of rotatable bonds is 3. The molecule has 6 nitrogen and oxygen atoms in total. The molecule has 0 atom stereocenters. The molecule has 0 spiro atoms. The summed E-state index contributed by atoms with van der Waals surface area (Å²) in [5.41, 5.74) is -1.58. The molecule has 2 N–H and O–H groups in total. The number of carbonyl (C=O) groups excluding carboxylic acids is 1. The molecule has 0 saturated heterocycles. The molecular weight excluding hydrogens is 351 g/mol. The van der Waals surface area contributed by atoms with Gasteiger partial charge in [0.2, 0.25) is 0 Å². The van der Waals surface area contributed by atoms with Gasteiger partial charge in [-0.1, -0.05) is 18.2 Å². The van der Waals surface area contributed by atoms with Crippen molar-refractivity contribution in [2.45, 2.75) is 24.9 Å². The van der Waals surface area contributed by atoms with Crippen molar-refractivity contribution >= 4 is 5.91 Å². The summed E-state index contributed by atoms with van der Waals surface area (Å²) in [4.78, 5) is 13.8. The second-order valence-corrected chi connectivity index (χ2v) is 6.19. The summed E-state index contributed by atoms with van der Waals surface area (Å²) in [6, 6.07) is 8.30. The molecule has 0 bridgehead atoms. The van der Waals surface area contributed by atoms with E-state index in [1.165, 1.54) is 35.2 Å². The third-order valence-corrected chi connectivity index (χ3v) is 4.53. The number of benzene rings is 2. The van der Waals surface area contributed by atoms with Crippen LogP contribution in [0.15, 0.2) is 46.6 Å². The lowest BCUT2D eigenvalue weighted by molar-refractivity contribution is -0.166. The van der Waals surface area contributed by atoms with Crippen LogP contribution in [0.1, 0.15) is 27.0 Å². The second-order valence-electron chi connectivity index (χ2n) is 6.19. The van der Waals surface area contributed by atoms with E-state index in [9.17, 15) is 28.2 Å². The monoisotopic (exact) mass is 363 g/mol. The summed E-state index contributed by atoms with van der Waals surface area (Å²) in [5.74, 6) is -1.06. The molecule has 0 radical (unpaired) electrons. The van der Waals surface area contributed by atoms with E-state index in [-0.39, 0.29) is 41.6 Å². The molecule has 134 valence electrons. The summed E-state index contributed by atoms with van der Waals surface area (Å²) in [5, 5.41) is 25.8. The van der Waals surface area contributed by atoms with Crippen LogP contribution < -0.4 is 0 Å². The molecule has 4 rings (SSSR count). The minimum absolute atomic E-state index is 0.0511. The Morgan fingerprint density at radius 3 is 2.54 bits per heavy atom. The molecule has 26 heavy (non-hydrogen) atoms. The number of fused-ring (bicyclic) bond motifs is 1. The first-order chi connectivity index (χ1) is 12.2. The maximum Gasteiger partial charge on any atom is 0.442 e. The summed E-state index contributed by atoms with van der Waals surface area (Å²) in [6.07, 6.45) is -4.62. The van der Waals surface area contributed by atoms with E-state index in [2.05, 4.69) is 10.2 Å². The minimum Gasteiger partial charge on any atom is -0.504 e. The highest BCUT2D eigenvalue weighted by molar-refractivity contribution is 5.99. The summed E-state index contributed by atoms with van der Waals surface area (Å²) in [6.45, 7) is 0.104. The number of phenols is 2. The molecule has 2 aromatic carbocycles. The van der Waals surface area contributed by atoms with Gasteiger partial charge in [0.1, 0.15) is 0 Å². The first kappa shape index (κ1) is 16.4. The van der Waals surface area contributed by atoms with Gasteiger partial charge < -0.3 is 15.1 Å². The number of phenolic OH excluding ortho intramolecular Hbond substituents is 2. The van der Waals surface area contributed by atoms with E-state index in [0.717, 1.165) is 0 Å². The second kappa shape index (κ2) is 5.20. The standard InChI is InChI=1S/C17H12F3N3O3/c18-17(19,20)16(21-22-16)10-3-1-2-9(6-10)7-23-8-12-11(15(23)26)4-5-13(24)14(12)25/h1-6,24-25H,7-8H2. The fraction of sp³-hybridized carbons (Fsp3) is 0.235. The van der Waals surface area contributed by atoms with Crippen molar-refractivity contribution in [2.75, 3.05) is 0 Å². The Balaban J connectivity index is 1.59. The quantitative estimate of drug-likeness (QED) is 0.819. The lowest BCUT2D eigenvalue weighted by atomic mass is 10.0. The van der Waals surface area contributed by atoms with Gasteiger partial charge in [-0.3, -0.25) is 4.79 Å². The predicted molar refractivity (Wildman–Crippen MR) is 82.4 cm³/mol. The van der Waals surface area contributed by atoms with Crippen molar-refractivity contribution in [3.8, 4) is 11.5 Å². The van der Waals surface area contributed by atoms with Crippen molar-refractivity contribution in [2.24, 2.45) is 10.2 Å². The average molecular weight is 363 g/mol. The normalized spacial score (nSPS) is 17.5. The molecule has 2 heterocycles. The third kappa shape index (κ3) is 2.31. The summed E-state index contributed by atoms with van der Waals surface area (Å²) >= 11 is 0. The number of aromatic hydroxyl groups is 2. The van der Waals surface area contributed by atoms with Gasteiger partial charge in [0.15, 0.2) is 11.5 Å². The molecule has 0 aromatic heterocycles. The highest BCUT2D eigenvalue weighted by Crippen LogP contribution is 2.52. The number of hydrogen-bond acceptors (Lipinski definition) is 5. The van der Waals surface area contributed by atoms with Gasteiger partial charge >= 0.3 is 11.8 Å². The Morgan fingerprint density at radius 1 is 1.15 bits per heavy atom. The number of amides is 1. The molecular formula is C17H12F3N3O3. The van der Waals surface area contributed by atoms with Crippen molar-refractivity contribution in [1.82, 2.24) is 4.90 Å². The Morgan fingerprint density at radius 2 is 1.88 bits per heavy atom. The lowest BCUT2D eigenvalue weighted by Crippen LogP contribution is -2.30. The van der Waals surface area contributed by atoms with Crippen LogP contribution in [0.25, 0.3) is 0 Å². The zero-order valence-corrected chi connectivity index (χ0v) is 13.2. The van der Waals surface area contributed by atoms with Gasteiger partial charge in [0.25, 0.3) is 5.91 Å². The van der Waals surface area contributed by atoms with Crippen LogP contribution >= 0.6 is 0 Å². The molecule has 0 saturated carbocycles. The number of carbonyl (C=O) groups is 1. The van der Waals surface area contributed by atoms with Gasteiger partial charge in [-0.15, -0.1) is 10.2 Å². The topological polar surface area (TPSA) is 85.5 Å². The van der Waals surface area contributed by atoms with Crippen molar-refractivity contribution in [1.29, 1.82) is 0 Å². The van der Waals surface area contributed by atoms with Crippen LogP contribution in [-0.4, -0.2) is 27.2 Å². The molecule has 0 unspecified atom stereocenters. The Kier molecular flexibility index (Phi) is 3.27. The summed E-state index contributed by atoms with van der Waals surface area (Å²) in [7, 11) is 0. The zero-order valence-electron chi connectivity index (χ0n) is 13.2. The van der Waals surface area contributed by atoms with Crippen molar-refractivity contribution < 1.29 is 28.2 Å². The van der Waals surface area contributed by atoms with Gasteiger partial charge in [-0.25, -0.2) is 0 Å². The Hall–Kier alpha value is -3.10. The van der Waals surface area contributed by atoms with E-state index >= 15 is 0 Å². The number of alkyl halides is 3. The Bertz CT molecular complexity index is 950. The van der Waals surface area contributed by atoms with Crippen molar-refractivity contribution in [3.63, 3.8) is 0 Å². The lowest BCUT2D eigenvalue weighted by Gasteiger charge is -2.18. The van der Waals surface area contributed by atoms with Gasteiger partial charge in [0.05, 0.1) is 6.54 Å². The molecule has 0 fully saturated rings. The molecule has 2 aliphatic heterocycles. The highest BCUT2D eigenvalue weighted by Gasteiger charge is 2.65. The van der Waals surface area contributed by atoms with E-state index in [0.29, 0.717) is 11.1 Å². The molecule has 2 aliphatic rings. The van der Waals surface area contributed by atoms with E-state index in [1.54, 1.807) is 6.07 Å². The number of nitrogens with zero attached hydrogens (tertiary/aromatic N) is 3. The SMILES string of the molecule is O=C1c2ccc(O)c(O)c2CN1Cc1cccc(C2(C(F)(F)F)N=N2)c1. The number of halogens is 3. The fourth-order valence-corrected chi connectivity index (χ4v) is 3.09. The van der Waals surface area contributed by atoms with E-state index < -0.39 is 11.8 Å². The van der Waals surface area contributed by atoms with Crippen molar-refractivity contribution in [3.05, 3.63) is 58.7 Å². The maximum absolute atomic E-state index is 13.1. The largest absolute Gasteiger partial charge is 0.504 e. The van der Waals surface area contributed by atoms with Crippen LogP contribution in [0.5, 0.6) is 11.5 Å². The van der Waals surface area contributed by atoms with E-state index in [4.69, 9.17) is 0 Å². The maximum atomic E-state index is 13.1. The number of hydrogen-bond donors (Lipinski definition) is 2. The third-order valence-electron chi connectivity index (χ3n) is 4.53. The smallest absolute Gasteiger partial charge is 0.442 e. The van der Waals surface area contributed by atoms with Crippen LogP contribution in [0.2, 0.25) is 0 Å². The van der Waals surface area contributed by atoms with E-state index in [1.807, 2.05) is 0 Å². The fourth-order valence-electron chi connectivity index (χ4n) is 3.09. The van der Waals surface area contributed by atoms with Gasteiger partial charge in [-0.05, 0) is 23.8 Å². The first-order valence-electron chi connectivity index (χ1n) is 7.66. The van der Waals surface area contributed by atoms with Gasteiger partial charge in [-0.2, -0.15) is 13.2 Å². The van der Waals surface area contributed by atoms with Gasteiger partial charge in [0, 0.05) is 23.2 Å². The zero-order chi connectivity index (χ0) is 18.7. The average Bonchev–Trinajstić information content (AvgIpc) is 3.35. The minimum atomic E-state index is -4.62. The van der Waals surface area contributed by atoms with Crippen LogP contribution in [0, 0.1) is 0 Å². The molecule has 0 aliphatic carbocycles. The molecule has 1 amide bonds. The predicted octanol–water partition coefficient (Wildman–Crippen LogP) is 3.43. The van der Waals surface area contributed by atoms with Crippen LogP contribution in [0.4, 0.5) is 13.2 Å². The Labute approximate surface area is 145 Å². The highest BCUT2D eigenvalue weighted by atomic mass is 19.4.